The lowest BCUT2D eigenvalue weighted by molar-refractivity contribution is 0.360. The third-order valence-corrected chi connectivity index (χ3v) is 6.49. The molecule has 19 heteroatoms. The van der Waals surface area contributed by atoms with Gasteiger partial charge in [0.25, 0.3) is 0 Å². The molecule has 2 nitrogen and oxygen atoms in total. The zero-order valence-corrected chi connectivity index (χ0v) is 21.8. The standard InChI is InChI=1S/C28H5BF16O2/c30-6-1-3-9(31)8(5-6)29(46-27-7-2-4-10(32)14(33)11(7)15(34)22(41)25(27)44)47-28-13(18(37)21(40)24(43)26(28)45)12-16(35)19(38)23(42)20(39)17(12)36/h1-5H. The van der Waals surface area contributed by atoms with E-state index >= 15 is 13.2 Å². The van der Waals surface area contributed by atoms with Crippen LogP contribution in [-0.2, 0) is 0 Å². The molecule has 0 unspecified atom stereocenters. The van der Waals surface area contributed by atoms with Crippen molar-refractivity contribution in [2.24, 2.45) is 0 Å². The monoisotopic (exact) mass is 688 g/mol. The van der Waals surface area contributed by atoms with Crippen molar-refractivity contribution in [2.45, 2.75) is 0 Å². The Hall–Kier alpha value is -5.10. The van der Waals surface area contributed by atoms with Crippen LogP contribution in [0.3, 0.4) is 0 Å². The minimum atomic E-state index is -3.22. The fourth-order valence-electron chi connectivity index (χ4n) is 4.32. The summed E-state index contributed by atoms with van der Waals surface area (Å²) in [6.07, 6.45) is 0. The van der Waals surface area contributed by atoms with E-state index in [1.807, 2.05) is 0 Å². The maximum absolute atomic E-state index is 15.2. The minimum absolute atomic E-state index is 0.0619. The molecule has 0 aliphatic heterocycles. The van der Waals surface area contributed by atoms with Crippen molar-refractivity contribution >= 4 is 23.4 Å². The molecule has 0 saturated carbocycles. The number of halogens is 16. The van der Waals surface area contributed by atoms with Gasteiger partial charge in [0.15, 0.2) is 63.9 Å². The summed E-state index contributed by atoms with van der Waals surface area (Å²) in [5, 5.41) is -2.92. The van der Waals surface area contributed by atoms with E-state index in [1.165, 1.54) is 0 Å². The quantitative estimate of drug-likeness (QED) is 0.0771. The van der Waals surface area contributed by atoms with Crippen molar-refractivity contribution in [1.82, 2.24) is 0 Å². The highest BCUT2D eigenvalue weighted by Gasteiger charge is 2.40. The van der Waals surface area contributed by atoms with Crippen molar-refractivity contribution in [3.8, 4) is 22.6 Å². The van der Waals surface area contributed by atoms with Crippen molar-refractivity contribution in [3.05, 3.63) is 123 Å². The molecule has 0 aliphatic carbocycles. The molecule has 0 spiro atoms. The zero-order chi connectivity index (χ0) is 34.8. The third-order valence-electron chi connectivity index (χ3n) is 6.49. The topological polar surface area (TPSA) is 18.5 Å². The van der Waals surface area contributed by atoms with Gasteiger partial charge in [-0.05, 0) is 30.3 Å². The Bertz CT molecular complexity index is 2110. The molecule has 0 atom stereocenters. The fourth-order valence-corrected chi connectivity index (χ4v) is 4.32. The Morgan fingerprint density at radius 1 is 0.383 bits per heavy atom. The lowest BCUT2D eigenvalue weighted by Crippen LogP contribution is -2.45. The molecule has 0 aliphatic rings. The molecular formula is C28H5BF16O2. The highest BCUT2D eigenvalue weighted by molar-refractivity contribution is 6.63. The summed E-state index contributed by atoms with van der Waals surface area (Å²) in [6, 6.07) is 1.23. The van der Waals surface area contributed by atoms with Crippen LogP contribution in [0.5, 0.6) is 11.5 Å². The second-order valence-corrected chi connectivity index (χ2v) is 9.19. The maximum Gasteiger partial charge on any atom is 0.635 e. The van der Waals surface area contributed by atoms with Gasteiger partial charge in [0.1, 0.15) is 17.4 Å². The largest absolute Gasteiger partial charge is 0.635 e. The highest BCUT2D eigenvalue weighted by atomic mass is 19.2. The van der Waals surface area contributed by atoms with Crippen LogP contribution in [0.15, 0.2) is 30.3 Å². The molecule has 0 aromatic heterocycles. The Labute approximate surface area is 249 Å². The number of hydrogen-bond donors (Lipinski definition) is 0. The fraction of sp³-hybridized carbons (Fsp3) is 0. The van der Waals surface area contributed by atoms with Gasteiger partial charge in [-0.15, -0.1) is 0 Å². The average molecular weight is 688 g/mol. The summed E-state index contributed by atoms with van der Waals surface area (Å²) in [6.45, 7) is 0. The molecular weight excluding hydrogens is 683 g/mol. The van der Waals surface area contributed by atoms with Gasteiger partial charge in [-0.1, -0.05) is 0 Å². The molecule has 0 heterocycles. The molecule has 0 saturated heterocycles. The first-order valence-electron chi connectivity index (χ1n) is 12.1. The molecule has 0 fully saturated rings. The van der Waals surface area contributed by atoms with Gasteiger partial charge in [0, 0.05) is 5.39 Å². The van der Waals surface area contributed by atoms with E-state index in [4.69, 9.17) is 9.31 Å². The Morgan fingerprint density at radius 2 is 0.830 bits per heavy atom. The lowest BCUT2D eigenvalue weighted by Gasteiger charge is -2.22. The van der Waals surface area contributed by atoms with E-state index in [1.54, 1.807) is 0 Å². The molecule has 5 aromatic carbocycles. The highest BCUT2D eigenvalue weighted by Crippen LogP contribution is 2.43. The summed E-state index contributed by atoms with van der Waals surface area (Å²) in [7, 11) is -3.22. The summed E-state index contributed by atoms with van der Waals surface area (Å²) in [4.78, 5) is 0. The second kappa shape index (κ2) is 11.9. The van der Waals surface area contributed by atoms with Gasteiger partial charge in [0.05, 0.1) is 22.0 Å². The van der Waals surface area contributed by atoms with Crippen LogP contribution in [0.25, 0.3) is 21.9 Å². The summed E-state index contributed by atoms with van der Waals surface area (Å²) in [5.74, 6) is -44.9. The average Bonchev–Trinajstić information content (AvgIpc) is 3.04. The Kier molecular flexibility index (Phi) is 8.44. The number of hydrogen-bond acceptors (Lipinski definition) is 2. The minimum Gasteiger partial charge on any atom is -0.519 e. The van der Waals surface area contributed by atoms with Crippen LogP contribution >= 0.6 is 0 Å². The second-order valence-electron chi connectivity index (χ2n) is 9.19. The Morgan fingerprint density at radius 3 is 1.43 bits per heavy atom. The predicted molar refractivity (Wildman–Crippen MR) is 128 cm³/mol. The van der Waals surface area contributed by atoms with Gasteiger partial charge in [-0.3, -0.25) is 0 Å². The van der Waals surface area contributed by atoms with E-state index in [2.05, 4.69) is 0 Å². The van der Waals surface area contributed by atoms with E-state index in [0.717, 1.165) is 0 Å². The van der Waals surface area contributed by atoms with Gasteiger partial charge >= 0.3 is 7.12 Å². The van der Waals surface area contributed by atoms with Crippen LogP contribution in [0.4, 0.5) is 70.2 Å². The molecule has 0 radical (unpaired) electrons. The van der Waals surface area contributed by atoms with Crippen LogP contribution in [0, 0.1) is 93.1 Å². The molecule has 0 bridgehead atoms. The first-order valence-corrected chi connectivity index (χ1v) is 12.1. The van der Waals surface area contributed by atoms with Crippen LogP contribution in [-0.4, -0.2) is 7.12 Å². The van der Waals surface area contributed by atoms with Crippen molar-refractivity contribution in [1.29, 1.82) is 0 Å². The van der Waals surface area contributed by atoms with Gasteiger partial charge < -0.3 is 9.31 Å². The zero-order valence-electron chi connectivity index (χ0n) is 21.8. The SMILES string of the molecule is Fc1ccc(F)c(B(Oc2c(F)c(F)c(F)c(F)c2-c2c(F)c(F)c(F)c(F)c2F)Oc2c(F)c(F)c(F)c3c(F)c(F)ccc23)c1. The first kappa shape index (κ1) is 33.3. The number of rotatable bonds is 6. The molecule has 244 valence electrons. The van der Waals surface area contributed by atoms with Gasteiger partial charge in [0.2, 0.25) is 23.3 Å². The molecule has 5 aromatic rings. The van der Waals surface area contributed by atoms with Crippen LogP contribution in [0.2, 0.25) is 0 Å². The smallest absolute Gasteiger partial charge is 0.519 e. The van der Waals surface area contributed by atoms with Crippen LogP contribution in [0.1, 0.15) is 0 Å². The number of benzene rings is 5. The van der Waals surface area contributed by atoms with E-state index in [9.17, 15) is 57.1 Å². The maximum atomic E-state index is 15.2. The van der Waals surface area contributed by atoms with E-state index in [-0.39, 0.29) is 18.2 Å². The summed E-state index contributed by atoms with van der Waals surface area (Å²) < 4.78 is 241. The van der Waals surface area contributed by atoms with Crippen molar-refractivity contribution < 1.29 is 79.6 Å². The Balaban J connectivity index is 1.85. The molecule has 0 amide bonds. The third kappa shape index (κ3) is 5.22. The molecule has 0 N–H and O–H groups in total. The molecule has 47 heavy (non-hydrogen) atoms. The normalized spacial score (nSPS) is 11.4. The van der Waals surface area contributed by atoms with Crippen molar-refractivity contribution in [3.63, 3.8) is 0 Å². The van der Waals surface area contributed by atoms with E-state index < -0.39 is 139 Å². The van der Waals surface area contributed by atoms with Crippen LogP contribution < -0.4 is 14.8 Å². The lowest BCUT2D eigenvalue weighted by atomic mass is 9.77. The predicted octanol–water partition coefficient (Wildman–Crippen LogP) is 8.59. The first-order chi connectivity index (χ1) is 22.0. The molecule has 5 rings (SSSR count). The van der Waals surface area contributed by atoms with E-state index in [0.29, 0.717) is 12.1 Å². The van der Waals surface area contributed by atoms with Gasteiger partial charge in [-0.2, -0.15) is 8.78 Å². The summed E-state index contributed by atoms with van der Waals surface area (Å²) >= 11 is 0. The van der Waals surface area contributed by atoms with Gasteiger partial charge in [-0.25, -0.2) is 61.5 Å². The number of fused-ring (bicyclic) bond motifs is 1. The van der Waals surface area contributed by atoms with Crippen molar-refractivity contribution in [2.75, 3.05) is 0 Å². The summed E-state index contributed by atoms with van der Waals surface area (Å²) in [5.41, 5.74) is -6.38.